The second-order valence-corrected chi connectivity index (χ2v) is 21.8. The Morgan fingerprint density at radius 1 is 0.413 bits per heavy atom. The van der Waals surface area contributed by atoms with E-state index < -0.39 is 98.5 Å². The topological polar surface area (TPSA) is 214 Å². The number of rotatable bonds is 49. The highest BCUT2D eigenvalue weighted by Crippen LogP contribution is 2.41. The van der Waals surface area contributed by atoms with Gasteiger partial charge in [0.1, 0.15) is 43.7 Å². The summed E-state index contributed by atoms with van der Waals surface area (Å²) >= 11 is 0. The molecular weight excluding hydrogens is 961 g/mol. The number of aliphatic hydroxyl groups is 4. The first kappa shape index (κ1) is 68.7. The van der Waals surface area contributed by atoms with Gasteiger partial charge in [-0.25, -0.2) is 0 Å². The molecule has 4 N–H and O–H groups in total. The van der Waals surface area contributed by atoms with Crippen molar-refractivity contribution in [2.75, 3.05) is 19.8 Å². The van der Waals surface area contributed by atoms with Crippen molar-refractivity contribution in [3.63, 3.8) is 0 Å². The third kappa shape index (κ3) is 30.5. The molecule has 0 aromatic rings. The van der Waals surface area contributed by atoms with Gasteiger partial charge < -0.3 is 53.6 Å². The fourth-order valence-corrected chi connectivity index (χ4v) is 10.1. The molecule has 0 unspecified atom stereocenters. The predicted molar refractivity (Wildman–Crippen MR) is 292 cm³/mol. The van der Waals surface area contributed by atoms with Gasteiger partial charge in [-0.05, 0) is 25.7 Å². The largest absolute Gasteiger partial charge is 0.463 e. The molecule has 0 saturated carbocycles. The minimum atomic E-state index is -2.37. The zero-order valence-corrected chi connectivity index (χ0v) is 47.8. The van der Waals surface area contributed by atoms with Crippen LogP contribution in [0.1, 0.15) is 285 Å². The van der Waals surface area contributed by atoms with Crippen LogP contribution in [-0.4, -0.2) is 119 Å². The lowest BCUT2D eigenvalue weighted by Gasteiger charge is -2.43. The second kappa shape index (κ2) is 44.5. The Hall–Kier alpha value is -2.40. The molecular formula is C60H110O15. The summed E-state index contributed by atoms with van der Waals surface area (Å²) in [5, 5.41) is 43.0. The van der Waals surface area contributed by atoms with E-state index in [-0.39, 0.29) is 25.7 Å². The number of ether oxygens (including phenoxy) is 7. The zero-order valence-electron chi connectivity index (χ0n) is 47.8. The van der Waals surface area contributed by atoms with Gasteiger partial charge in [0, 0.05) is 25.7 Å². The average Bonchev–Trinajstić information content (AvgIpc) is 3.67. The Bertz CT molecular complexity index is 1430. The standard InChI is InChI=1S/C60H110O15/c1-5-9-13-17-21-25-29-33-37-41-50(62)69-46-49-57(72-52(64)43-39-35-31-27-23-19-15-11-7-3)58(73-53(65)44-40-36-32-28-24-20-16-12-8-4)60(74-49,75-59-56(68)55(67)54(66)48(45-61)71-59)47-70-51(63)42-38-34-30-26-22-18-14-10-6-2/h48-49,54-59,61,66-68H,5-47H2,1-4H3/t48-,49-,54-,55+,56-,57-,58+,59-,60+/m1/s1. The molecule has 0 aromatic carbocycles. The molecule has 440 valence electrons. The van der Waals surface area contributed by atoms with Gasteiger partial charge >= 0.3 is 23.9 Å². The van der Waals surface area contributed by atoms with Crippen LogP contribution >= 0.6 is 0 Å². The number of carbonyl (C=O) groups is 4. The van der Waals surface area contributed by atoms with Crippen LogP contribution in [0.3, 0.4) is 0 Å². The Labute approximate surface area is 454 Å². The molecule has 2 aliphatic heterocycles. The summed E-state index contributed by atoms with van der Waals surface area (Å²) in [6.45, 7) is 6.80. The van der Waals surface area contributed by atoms with Crippen LogP contribution in [0.5, 0.6) is 0 Å². The van der Waals surface area contributed by atoms with Gasteiger partial charge in [-0.15, -0.1) is 0 Å². The van der Waals surface area contributed by atoms with Crippen molar-refractivity contribution >= 4 is 23.9 Å². The summed E-state index contributed by atoms with van der Waals surface area (Å²) in [6.07, 6.45) is 24.5. The highest BCUT2D eigenvalue weighted by atomic mass is 16.8. The molecule has 15 heteroatoms. The first-order valence-electron chi connectivity index (χ1n) is 30.8. The molecule has 0 aliphatic carbocycles. The molecule has 15 nitrogen and oxygen atoms in total. The molecule has 0 amide bonds. The average molecular weight is 1070 g/mol. The number of hydrogen-bond donors (Lipinski definition) is 4. The minimum Gasteiger partial charge on any atom is -0.463 e. The summed E-state index contributed by atoms with van der Waals surface area (Å²) in [5.41, 5.74) is 0. The summed E-state index contributed by atoms with van der Waals surface area (Å²) < 4.78 is 43.1. The first-order valence-corrected chi connectivity index (χ1v) is 30.8. The van der Waals surface area contributed by atoms with Crippen molar-refractivity contribution in [3.8, 4) is 0 Å². The van der Waals surface area contributed by atoms with Gasteiger partial charge in [0.15, 0.2) is 18.5 Å². The minimum absolute atomic E-state index is 0.00163. The van der Waals surface area contributed by atoms with Crippen LogP contribution < -0.4 is 0 Å². The number of hydrogen-bond acceptors (Lipinski definition) is 15. The van der Waals surface area contributed by atoms with Crippen LogP contribution in [0.2, 0.25) is 0 Å². The number of carbonyl (C=O) groups excluding carboxylic acids is 4. The second-order valence-electron chi connectivity index (χ2n) is 21.8. The quantitative estimate of drug-likeness (QED) is 0.0253. The molecule has 2 rings (SSSR count). The summed E-state index contributed by atoms with van der Waals surface area (Å²) in [5.74, 6) is -4.75. The third-order valence-electron chi connectivity index (χ3n) is 14.9. The third-order valence-corrected chi connectivity index (χ3v) is 14.9. The van der Waals surface area contributed by atoms with Crippen LogP contribution in [0.25, 0.3) is 0 Å². The van der Waals surface area contributed by atoms with E-state index in [4.69, 9.17) is 33.2 Å². The van der Waals surface area contributed by atoms with Gasteiger partial charge in [0.25, 0.3) is 0 Å². The number of aliphatic hydroxyl groups excluding tert-OH is 4. The van der Waals surface area contributed by atoms with Crippen LogP contribution in [0.15, 0.2) is 0 Å². The Kier molecular flexibility index (Phi) is 40.7. The maximum absolute atomic E-state index is 14.0. The van der Waals surface area contributed by atoms with Crippen molar-refractivity contribution in [2.24, 2.45) is 0 Å². The number of unbranched alkanes of at least 4 members (excludes halogenated alkanes) is 32. The number of esters is 4. The van der Waals surface area contributed by atoms with Crippen molar-refractivity contribution in [3.05, 3.63) is 0 Å². The van der Waals surface area contributed by atoms with Gasteiger partial charge in [0.2, 0.25) is 5.79 Å². The van der Waals surface area contributed by atoms with Crippen LogP contribution in [0.4, 0.5) is 0 Å². The molecule has 2 saturated heterocycles. The van der Waals surface area contributed by atoms with Crippen molar-refractivity contribution in [2.45, 2.75) is 339 Å². The van der Waals surface area contributed by atoms with Gasteiger partial charge in [-0.3, -0.25) is 19.2 Å². The fraction of sp³-hybridized carbons (Fsp3) is 0.933. The molecule has 9 atom stereocenters. The molecule has 2 heterocycles. The van der Waals surface area contributed by atoms with Crippen molar-refractivity contribution in [1.82, 2.24) is 0 Å². The molecule has 75 heavy (non-hydrogen) atoms. The molecule has 2 aliphatic rings. The SMILES string of the molecule is CCCCCCCCCCCC(=O)OC[C@H]1O[C@@](COC(=O)CCCCCCCCCCC)(O[C@H]2O[C@H](CO)[C@@H](O)[C@H](O)[C@H]2O)[C@@H](OC(=O)CCCCCCCCCCC)[C@@H]1OC(=O)CCCCCCCCCCC. The van der Waals surface area contributed by atoms with Crippen molar-refractivity contribution < 1.29 is 72.8 Å². The molecule has 2 fully saturated rings. The highest BCUT2D eigenvalue weighted by Gasteiger charge is 2.64. The van der Waals surface area contributed by atoms with E-state index in [1.807, 2.05) is 0 Å². The molecule has 0 bridgehead atoms. The van der Waals surface area contributed by atoms with Crippen LogP contribution in [-0.2, 0) is 52.3 Å². The van der Waals surface area contributed by atoms with Crippen molar-refractivity contribution in [1.29, 1.82) is 0 Å². The molecule has 0 spiro atoms. The van der Waals surface area contributed by atoms with Gasteiger partial charge in [-0.2, -0.15) is 0 Å². The maximum Gasteiger partial charge on any atom is 0.306 e. The van der Waals surface area contributed by atoms with E-state index in [0.29, 0.717) is 25.7 Å². The Balaban J connectivity index is 2.45. The lowest BCUT2D eigenvalue weighted by molar-refractivity contribution is -0.384. The van der Waals surface area contributed by atoms with E-state index in [1.54, 1.807) is 0 Å². The summed E-state index contributed by atoms with van der Waals surface area (Å²) in [4.78, 5) is 54.9. The van der Waals surface area contributed by atoms with E-state index >= 15 is 0 Å². The lowest BCUT2D eigenvalue weighted by Crippen LogP contribution is -2.63. The maximum atomic E-state index is 14.0. The Morgan fingerprint density at radius 2 is 0.760 bits per heavy atom. The highest BCUT2D eigenvalue weighted by molar-refractivity contribution is 5.71. The van der Waals surface area contributed by atoms with E-state index in [1.165, 1.54) is 103 Å². The van der Waals surface area contributed by atoms with Crippen LogP contribution in [0, 0.1) is 0 Å². The van der Waals surface area contributed by atoms with E-state index in [0.717, 1.165) is 103 Å². The normalized spacial score (nSPS) is 23.6. The van der Waals surface area contributed by atoms with Gasteiger partial charge in [-0.1, -0.05) is 233 Å². The van der Waals surface area contributed by atoms with E-state index in [2.05, 4.69) is 27.7 Å². The predicted octanol–water partition coefficient (Wildman–Crippen LogP) is 12.5. The Morgan fingerprint density at radius 3 is 1.15 bits per heavy atom. The molecule has 0 aromatic heterocycles. The summed E-state index contributed by atoms with van der Waals surface area (Å²) in [7, 11) is 0. The van der Waals surface area contributed by atoms with Gasteiger partial charge in [0.05, 0.1) is 6.61 Å². The fourth-order valence-electron chi connectivity index (χ4n) is 10.1. The summed E-state index contributed by atoms with van der Waals surface area (Å²) in [6, 6.07) is 0. The smallest absolute Gasteiger partial charge is 0.306 e. The lowest BCUT2D eigenvalue weighted by atomic mass is 9.98. The zero-order chi connectivity index (χ0) is 54.8. The monoisotopic (exact) mass is 1070 g/mol. The van der Waals surface area contributed by atoms with E-state index in [9.17, 15) is 39.6 Å². The molecule has 0 radical (unpaired) electrons. The first-order chi connectivity index (χ1) is 36.5.